The predicted octanol–water partition coefficient (Wildman–Crippen LogP) is 3.99. The summed E-state index contributed by atoms with van der Waals surface area (Å²) in [6.07, 6.45) is 0.632. The zero-order valence-electron chi connectivity index (χ0n) is 12.9. The maximum absolute atomic E-state index is 11.0. The van der Waals surface area contributed by atoms with Crippen molar-refractivity contribution < 1.29 is 9.21 Å². The van der Waals surface area contributed by atoms with Crippen LogP contribution in [-0.4, -0.2) is 10.9 Å². The van der Waals surface area contributed by atoms with Crippen molar-refractivity contribution in [2.45, 2.75) is 27.2 Å². The lowest BCUT2D eigenvalue weighted by Gasteiger charge is -2.03. The van der Waals surface area contributed by atoms with Gasteiger partial charge in [-0.1, -0.05) is 18.2 Å². The Morgan fingerprint density at radius 3 is 2.59 bits per heavy atom. The fourth-order valence-corrected chi connectivity index (χ4v) is 2.58. The number of rotatable bonds is 3. The van der Waals surface area contributed by atoms with Crippen LogP contribution in [0.1, 0.15) is 29.5 Å². The molecular formula is C18H18N2O2. The summed E-state index contributed by atoms with van der Waals surface area (Å²) in [5.41, 5.74) is 5.94. The molecule has 1 aromatic heterocycles. The highest BCUT2D eigenvalue weighted by Crippen LogP contribution is 2.23. The van der Waals surface area contributed by atoms with Gasteiger partial charge in [-0.3, -0.25) is 4.79 Å². The molecule has 1 heterocycles. The standard InChI is InChI=1S/C18H18N2O2/c1-11-8-12(2)18-16(9-11)20-17(22-18)10-14-4-6-15(7-5-14)19-13(3)21/h4-9H,10H2,1-3H3,(H,19,21). The second-order valence-electron chi connectivity index (χ2n) is 5.59. The predicted molar refractivity (Wildman–Crippen MR) is 87.0 cm³/mol. The average molecular weight is 294 g/mol. The first-order valence-corrected chi connectivity index (χ1v) is 7.24. The fourth-order valence-electron chi connectivity index (χ4n) is 2.58. The summed E-state index contributed by atoms with van der Waals surface area (Å²) in [6, 6.07) is 11.8. The smallest absolute Gasteiger partial charge is 0.221 e. The first kappa shape index (κ1) is 14.3. The summed E-state index contributed by atoms with van der Waals surface area (Å²) in [6.45, 7) is 5.59. The van der Waals surface area contributed by atoms with Crippen molar-refractivity contribution in [2.75, 3.05) is 5.32 Å². The molecule has 2 aromatic carbocycles. The van der Waals surface area contributed by atoms with Crippen LogP contribution in [0.15, 0.2) is 40.8 Å². The molecule has 112 valence electrons. The Morgan fingerprint density at radius 2 is 1.91 bits per heavy atom. The SMILES string of the molecule is CC(=O)Nc1ccc(Cc2nc3cc(C)cc(C)c3o2)cc1. The van der Waals surface area contributed by atoms with E-state index in [1.807, 2.05) is 37.3 Å². The Labute approximate surface area is 129 Å². The minimum Gasteiger partial charge on any atom is -0.440 e. The Bertz CT molecular complexity index is 832. The molecule has 4 heteroatoms. The van der Waals surface area contributed by atoms with Crippen LogP contribution in [0.2, 0.25) is 0 Å². The summed E-state index contributed by atoms with van der Waals surface area (Å²) >= 11 is 0. The lowest BCUT2D eigenvalue weighted by atomic mass is 10.1. The van der Waals surface area contributed by atoms with Gasteiger partial charge >= 0.3 is 0 Å². The highest BCUT2D eigenvalue weighted by molar-refractivity contribution is 5.88. The number of oxazole rings is 1. The summed E-state index contributed by atoms with van der Waals surface area (Å²) in [7, 11) is 0. The molecule has 0 saturated carbocycles. The molecule has 0 unspecified atom stereocenters. The minimum atomic E-state index is -0.0717. The molecule has 1 amide bonds. The van der Waals surface area contributed by atoms with E-state index in [1.54, 1.807) is 0 Å². The van der Waals surface area contributed by atoms with E-state index in [0.29, 0.717) is 12.3 Å². The third-order valence-corrected chi connectivity index (χ3v) is 3.49. The number of fused-ring (bicyclic) bond motifs is 1. The van der Waals surface area contributed by atoms with Crippen molar-refractivity contribution in [3.8, 4) is 0 Å². The zero-order valence-corrected chi connectivity index (χ0v) is 12.9. The quantitative estimate of drug-likeness (QED) is 0.794. The molecule has 0 fully saturated rings. The number of amides is 1. The van der Waals surface area contributed by atoms with E-state index >= 15 is 0 Å². The van der Waals surface area contributed by atoms with E-state index in [2.05, 4.69) is 23.3 Å². The van der Waals surface area contributed by atoms with Gasteiger partial charge in [0.25, 0.3) is 0 Å². The molecule has 4 nitrogen and oxygen atoms in total. The average Bonchev–Trinajstić information content (AvgIpc) is 2.83. The van der Waals surface area contributed by atoms with Crippen molar-refractivity contribution >= 4 is 22.7 Å². The number of anilines is 1. The van der Waals surface area contributed by atoms with Crippen LogP contribution in [0.5, 0.6) is 0 Å². The number of aryl methyl sites for hydroxylation is 2. The van der Waals surface area contributed by atoms with E-state index in [9.17, 15) is 4.79 Å². The van der Waals surface area contributed by atoms with Crippen molar-refractivity contribution in [1.82, 2.24) is 4.98 Å². The molecular weight excluding hydrogens is 276 g/mol. The molecule has 0 aliphatic heterocycles. The molecule has 0 atom stereocenters. The monoisotopic (exact) mass is 294 g/mol. The van der Waals surface area contributed by atoms with Crippen molar-refractivity contribution in [3.63, 3.8) is 0 Å². The van der Waals surface area contributed by atoms with Crippen LogP contribution in [-0.2, 0) is 11.2 Å². The number of hydrogen-bond acceptors (Lipinski definition) is 3. The van der Waals surface area contributed by atoms with Gasteiger partial charge in [0.1, 0.15) is 5.52 Å². The normalized spacial score (nSPS) is 10.9. The topological polar surface area (TPSA) is 55.1 Å². The molecule has 22 heavy (non-hydrogen) atoms. The lowest BCUT2D eigenvalue weighted by molar-refractivity contribution is -0.114. The number of carbonyl (C=O) groups excluding carboxylic acids is 1. The molecule has 0 saturated heterocycles. The number of aromatic nitrogens is 1. The highest BCUT2D eigenvalue weighted by atomic mass is 16.3. The van der Waals surface area contributed by atoms with Gasteiger partial charge in [-0.25, -0.2) is 4.98 Å². The van der Waals surface area contributed by atoms with E-state index in [1.165, 1.54) is 12.5 Å². The third kappa shape index (κ3) is 3.01. The molecule has 0 spiro atoms. The van der Waals surface area contributed by atoms with Gasteiger partial charge in [0, 0.05) is 19.0 Å². The Hall–Kier alpha value is -2.62. The van der Waals surface area contributed by atoms with E-state index in [0.717, 1.165) is 27.9 Å². The van der Waals surface area contributed by atoms with E-state index in [-0.39, 0.29) is 5.91 Å². The van der Waals surface area contributed by atoms with Gasteiger partial charge in [-0.05, 0) is 48.7 Å². The van der Waals surface area contributed by atoms with E-state index < -0.39 is 0 Å². The summed E-state index contributed by atoms with van der Waals surface area (Å²) in [4.78, 5) is 15.6. The number of nitrogens with zero attached hydrogens (tertiary/aromatic N) is 1. The Kier molecular flexibility index (Phi) is 3.67. The summed E-state index contributed by atoms with van der Waals surface area (Å²) in [5, 5.41) is 2.75. The molecule has 0 aliphatic carbocycles. The maximum Gasteiger partial charge on any atom is 0.221 e. The van der Waals surface area contributed by atoms with Gasteiger partial charge < -0.3 is 9.73 Å². The van der Waals surface area contributed by atoms with Gasteiger partial charge in [-0.2, -0.15) is 0 Å². The molecule has 0 radical (unpaired) electrons. The highest BCUT2D eigenvalue weighted by Gasteiger charge is 2.09. The van der Waals surface area contributed by atoms with Gasteiger partial charge in [-0.15, -0.1) is 0 Å². The molecule has 1 N–H and O–H groups in total. The maximum atomic E-state index is 11.0. The third-order valence-electron chi connectivity index (χ3n) is 3.49. The molecule has 3 rings (SSSR count). The van der Waals surface area contributed by atoms with Crippen LogP contribution < -0.4 is 5.32 Å². The van der Waals surface area contributed by atoms with Crippen LogP contribution >= 0.6 is 0 Å². The molecule has 0 aliphatic rings. The van der Waals surface area contributed by atoms with Crippen LogP contribution in [0.4, 0.5) is 5.69 Å². The number of hydrogen-bond donors (Lipinski definition) is 1. The number of benzene rings is 2. The Balaban J connectivity index is 1.83. The largest absolute Gasteiger partial charge is 0.440 e. The van der Waals surface area contributed by atoms with Gasteiger partial charge in [0.05, 0.1) is 0 Å². The van der Waals surface area contributed by atoms with Crippen LogP contribution in [0.3, 0.4) is 0 Å². The van der Waals surface area contributed by atoms with Crippen molar-refractivity contribution in [2.24, 2.45) is 0 Å². The number of carbonyl (C=O) groups is 1. The summed E-state index contributed by atoms with van der Waals surface area (Å²) < 4.78 is 5.87. The Morgan fingerprint density at radius 1 is 1.18 bits per heavy atom. The fraction of sp³-hybridized carbons (Fsp3) is 0.222. The summed E-state index contributed by atoms with van der Waals surface area (Å²) in [5.74, 6) is 0.633. The lowest BCUT2D eigenvalue weighted by Crippen LogP contribution is -2.05. The van der Waals surface area contributed by atoms with Crippen LogP contribution in [0.25, 0.3) is 11.1 Å². The number of nitrogens with one attached hydrogen (secondary N) is 1. The minimum absolute atomic E-state index is 0.0717. The van der Waals surface area contributed by atoms with Gasteiger partial charge in [0.15, 0.2) is 11.5 Å². The first-order valence-electron chi connectivity index (χ1n) is 7.24. The van der Waals surface area contributed by atoms with Crippen LogP contribution in [0, 0.1) is 13.8 Å². The molecule has 0 bridgehead atoms. The second kappa shape index (κ2) is 5.64. The van der Waals surface area contributed by atoms with Crippen molar-refractivity contribution in [3.05, 3.63) is 59.0 Å². The van der Waals surface area contributed by atoms with E-state index in [4.69, 9.17) is 4.42 Å². The van der Waals surface area contributed by atoms with Gasteiger partial charge in [0.2, 0.25) is 5.91 Å². The van der Waals surface area contributed by atoms with Crippen molar-refractivity contribution in [1.29, 1.82) is 0 Å². The second-order valence-corrected chi connectivity index (χ2v) is 5.59. The first-order chi connectivity index (χ1) is 10.5. The zero-order chi connectivity index (χ0) is 15.7. The molecule has 3 aromatic rings.